The second-order valence-corrected chi connectivity index (χ2v) is 6.45. The predicted octanol–water partition coefficient (Wildman–Crippen LogP) is 2.44. The summed E-state index contributed by atoms with van der Waals surface area (Å²) >= 11 is 1.73. The van der Waals surface area contributed by atoms with E-state index in [1.807, 2.05) is 13.8 Å². The van der Waals surface area contributed by atoms with Crippen molar-refractivity contribution >= 4 is 17.2 Å². The highest BCUT2D eigenvalue weighted by Crippen LogP contribution is 2.25. The Kier molecular flexibility index (Phi) is 6.62. The molecule has 4 nitrogen and oxygen atoms in total. The van der Waals surface area contributed by atoms with Gasteiger partial charge in [0.15, 0.2) is 0 Å². The summed E-state index contributed by atoms with van der Waals surface area (Å²) in [6.45, 7) is 9.30. The molecule has 0 aliphatic rings. The van der Waals surface area contributed by atoms with Gasteiger partial charge in [-0.1, -0.05) is 20.8 Å². The van der Waals surface area contributed by atoms with Gasteiger partial charge in [0.25, 0.3) is 0 Å². The van der Waals surface area contributed by atoms with Crippen LogP contribution in [0.15, 0.2) is 0 Å². The van der Waals surface area contributed by atoms with E-state index in [1.54, 1.807) is 11.3 Å². The molecule has 0 aromatic carbocycles. The molecule has 0 aliphatic heterocycles. The summed E-state index contributed by atoms with van der Waals surface area (Å²) in [7, 11) is 0. The molecule has 5 heteroatoms. The Bertz CT molecular complexity index is 430. The van der Waals surface area contributed by atoms with Gasteiger partial charge in [0.05, 0.1) is 16.1 Å². The molecule has 0 aliphatic carbocycles. The van der Waals surface area contributed by atoms with Gasteiger partial charge >= 0.3 is 0 Å². The molecule has 3 N–H and O–H groups in total. The zero-order chi connectivity index (χ0) is 15.2. The molecule has 0 fully saturated rings. The molecule has 0 atom stereocenters. The van der Waals surface area contributed by atoms with Crippen molar-refractivity contribution in [3.8, 4) is 0 Å². The van der Waals surface area contributed by atoms with Crippen molar-refractivity contribution in [2.45, 2.75) is 53.4 Å². The topological polar surface area (TPSA) is 68.0 Å². The number of nitrogens with one attached hydrogen (secondary N) is 1. The van der Waals surface area contributed by atoms with Crippen LogP contribution in [0.2, 0.25) is 0 Å². The minimum absolute atomic E-state index is 0.0778. The average Bonchev–Trinajstić information content (AvgIpc) is 2.81. The van der Waals surface area contributed by atoms with Crippen LogP contribution in [-0.2, 0) is 17.6 Å². The third-order valence-corrected chi connectivity index (χ3v) is 5.20. The fourth-order valence-electron chi connectivity index (χ4n) is 2.35. The van der Waals surface area contributed by atoms with Crippen LogP contribution in [0.25, 0.3) is 0 Å². The van der Waals surface area contributed by atoms with Crippen LogP contribution in [-0.4, -0.2) is 24.0 Å². The molecular weight excluding hydrogens is 270 g/mol. The zero-order valence-electron chi connectivity index (χ0n) is 13.1. The monoisotopic (exact) mass is 297 g/mol. The van der Waals surface area contributed by atoms with E-state index in [0.717, 1.165) is 30.7 Å². The summed E-state index contributed by atoms with van der Waals surface area (Å²) in [6, 6.07) is 0. The summed E-state index contributed by atoms with van der Waals surface area (Å²) in [6.07, 6.45) is 3.33. The Morgan fingerprint density at radius 2 is 2.00 bits per heavy atom. The molecular formula is C15H27N3OS. The van der Waals surface area contributed by atoms with Gasteiger partial charge in [0.1, 0.15) is 0 Å². The molecule has 1 aromatic heterocycles. The van der Waals surface area contributed by atoms with Crippen LogP contribution in [0, 0.1) is 12.3 Å². The normalized spacial score (nSPS) is 11.7. The van der Waals surface area contributed by atoms with Crippen molar-refractivity contribution < 1.29 is 4.79 Å². The lowest BCUT2D eigenvalue weighted by Crippen LogP contribution is -2.45. The van der Waals surface area contributed by atoms with E-state index in [4.69, 9.17) is 5.73 Å². The molecule has 1 aromatic rings. The highest BCUT2D eigenvalue weighted by Gasteiger charge is 2.32. The molecule has 1 amide bonds. The van der Waals surface area contributed by atoms with E-state index in [0.29, 0.717) is 13.1 Å². The van der Waals surface area contributed by atoms with Crippen LogP contribution in [0.1, 0.15) is 49.2 Å². The van der Waals surface area contributed by atoms with Crippen molar-refractivity contribution in [2.24, 2.45) is 11.1 Å². The zero-order valence-corrected chi connectivity index (χ0v) is 13.9. The van der Waals surface area contributed by atoms with Crippen molar-refractivity contribution in [3.63, 3.8) is 0 Å². The Morgan fingerprint density at radius 1 is 1.35 bits per heavy atom. The molecule has 0 radical (unpaired) electrons. The van der Waals surface area contributed by atoms with Gasteiger partial charge in [-0.05, 0) is 26.2 Å². The Morgan fingerprint density at radius 3 is 2.45 bits per heavy atom. The largest absolute Gasteiger partial charge is 0.355 e. The lowest BCUT2D eigenvalue weighted by molar-refractivity contribution is -0.131. The summed E-state index contributed by atoms with van der Waals surface area (Å²) in [5.41, 5.74) is 6.55. The highest BCUT2D eigenvalue weighted by molar-refractivity contribution is 7.11. The second kappa shape index (κ2) is 7.74. The third kappa shape index (κ3) is 3.79. The van der Waals surface area contributed by atoms with Crippen LogP contribution in [0.5, 0.6) is 0 Å². The van der Waals surface area contributed by atoms with Gasteiger partial charge in [-0.2, -0.15) is 0 Å². The van der Waals surface area contributed by atoms with Crippen LogP contribution in [0.3, 0.4) is 0 Å². The number of rotatable bonds is 8. The van der Waals surface area contributed by atoms with Gasteiger partial charge in [0, 0.05) is 24.4 Å². The highest BCUT2D eigenvalue weighted by atomic mass is 32.1. The van der Waals surface area contributed by atoms with E-state index in [-0.39, 0.29) is 5.91 Å². The summed E-state index contributed by atoms with van der Waals surface area (Å²) < 4.78 is 0. The molecule has 0 unspecified atom stereocenters. The number of aromatic nitrogens is 1. The molecule has 0 saturated heterocycles. The maximum Gasteiger partial charge on any atom is 0.227 e. The first-order chi connectivity index (χ1) is 9.52. The van der Waals surface area contributed by atoms with Gasteiger partial charge in [-0.15, -0.1) is 11.3 Å². The number of thiazole rings is 1. The number of nitrogens with two attached hydrogens (primary N) is 1. The van der Waals surface area contributed by atoms with Gasteiger partial charge in [-0.25, -0.2) is 4.98 Å². The summed E-state index contributed by atoms with van der Waals surface area (Å²) in [5.74, 6) is 0.0778. The Labute approximate surface area is 126 Å². The Balaban J connectivity index is 2.53. The number of carbonyl (C=O) groups is 1. The van der Waals surface area contributed by atoms with Crippen molar-refractivity contribution in [2.75, 3.05) is 13.1 Å². The van der Waals surface area contributed by atoms with Crippen molar-refractivity contribution in [1.29, 1.82) is 0 Å². The number of amides is 1. The standard InChI is InChI=1S/C15H27N3OS/c1-5-12-11(4)20-13(18-12)8-9-17-14(19)15(6-2,7-3)10-16/h5-10,16H2,1-4H3,(H,17,19). The summed E-state index contributed by atoms with van der Waals surface area (Å²) in [5, 5.41) is 4.12. The number of hydrogen-bond donors (Lipinski definition) is 2. The fourth-order valence-corrected chi connectivity index (χ4v) is 3.37. The summed E-state index contributed by atoms with van der Waals surface area (Å²) in [4.78, 5) is 18.1. The molecule has 1 heterocycles. The van der Waals surface area contributed by atoms with Gasteiger partial charge in [0.2, 0.25) is 5.91 Å². The molecule has 0 saturated carbocycles. The molecule has 114 valence electrons. The first-order valence-electron chi connectivity index (χ1n) is 7.46. The van der Waals surface area contributed by atoms with Crippen LogP contribution >= 0.6 is 11.3 Å². The van der Waals surface area contributed by atoms with Crippen molar-refractivity contribution in [1.82, 2.24) is 10.3 Å². The lowest BCUT2D eigenvalue weighted by Gasteiger charge is -2.28. The number of aryl methyl sites for hydroxylation is 2. The van der Waals surface area contributed by atoms with E-state index >= 15 is 0 Å². The SMILES string of the molecule is CCc1nc(CCNC(=O)C(CC)(CC)CN)sc1C. The first-order valence-corrected chi connectivity index (χ1v) is 8.28. The predicted molar refractivity (Wildman–Crippen MR) is 85.0 cm³/mol. The smallest absolute Gasteiger partial charge is 0.227 e. The quantitative estimate of drug-likeness (QED) is 0.774. The maximum atomic E-state index is 12.3. The Hall–Kier alpha value is -0.940. The van der Waals surface area contributed by atoms with Gasteiger partial charge < -0.3 is 11.1 Å². The molecule has 20 heavy (non-hydrogen) atoms. The van der Waals surface area contributed by atoms with E-state index in [1.165, 1.54) is 10.6 Å². The molecule has 1 rings (SSSR count). The lowest BCUT2D eigenvalue weighted by atomic mass is 9.81. The van der Waals surface area contributed by atoms with E-state index in [2.05, 4.69) is 24.1 Å². The molecule has 0 spiro atoms. The van der Waals surface area contributed by atoms with Crippen LogP contribution < -0.4 is 11.1 Å². The average molecular weight is 297 g/mol. The number of nitrogens with zero attached hydrogens (tertiary/aromatic N) is 1. The minimum Gasteiger partial charge on any atom is -0.355 e. The van der Waals surface area contributed by atoms with Gasteiger partial charge in [-0.3, -0.25) is 4.79 Å². The number of carbonyl (C=O) groups excluding carboxylic acids is 1. The second-order valence-electron chi connectivity index (χ2n) is 5.16. The minimum atomic E-state index is -0.409. The van der Waals surface area contributed by atoms with E-state index in [9.17, 15) is 4.79 Å². The third-order valence-electron chi connectivity index (χ3n) is 4.12. The van der Waals surface area contributed by atoms with E-state index < -0.39 is 5.41 Å². The number of hydrogen-bond acceptors (Lipinski definition) is 4. The fraction of sp³-hybridized carbons (Fsp3) is 0.733. The van der Waals surface area contributed by atoms with Crippen LogP contribution in [0.4, 0.5) is 0 Å². The molecule has 0 bridgehead atoms. The maximum absolute atomic E-state index is 12.3. The first kappa shape index (κ1) is 17.1. The van der Waals surface area contributed by atoms with Crippen molar-refractivity contribution in [3.05, 3.63) is 15.6 Å².